The van der Waals surface area contributed by atoms with Crippen molar-refractivity contribution in [1.29, 1.82) is 0 Å². The van der Waals surface area contributed by atoms with Crippen molar-refractivity contribution < 1.29 is 35.0 Å². The minimum atomic E-state index is -1.45. The zero-order valence-electron chi connectivity index (χ0n) is 17.3. The minimum Gasteiger partial charge on any atom is -0.394 e. The maximum absolute atomic E-state index is 11.1. The van der Waals surface area contributed by atoms with Crippen LogP contribution >= 0.6 is 0 Å². The van der Waals surface area contributed by atoms with E-state index < -0.39 is 42.9 Å². The Morgan fingerprint density at radius 3 is 2.39 bits per heavy atom. The summed E-state index contributed by atoms with van der Waals surface area (Å²) in [7, 11) is 0. The topological polar surface area (TPSA) is 120 Å². The highest BCUT2D eigenvalue weighted by Crippen LogP contribution is 2.57. The number of allylic oxidation sites excluding steroid dienone is 2. The molecule has 0 radical (unpaired) electrons. The number of rotatable bonds is 3. The molecule has 1 aliphatic heterocycles. The summed E-state index contributed by atoms with van der Waals surface area (Å²) >= 11 is 0. The van der Waals surface area contributed by atoms with Crippen LogP contribution in [-0.2, 0) is 9.47 Å². The van der Waals surface area contributed by atoms with Gasteiger partial charge in [0.1, 0.15) is 24.4 Å². The molecule has 5 N–H and O–H groups in total. The van der Waals surface area contributed by atoms with E-state index in [0.29, 0.717) is 12.8 Å². The molecule has 0 aromatic rings. The SMILES string of the molecule is CC(C)=C1CC[C@]2(C)[C@@H](O[C@@H]3O[C@H](CO)[C@@H](O)[C@H](O)[C@H]3O)CC[C@](C)(O)[C@H]2C1. The second-order valence-electron chi connectivity index (χ2n) is 9.58. The molecule has 7 nitrogen and oxygen atoms in total. The summed E-state index contributed by atoms with van der Waals surface area (Å²) < 4.78 is 11.7. The molecule has 2 saturated carbocycles. The fraction of sp³-hybridized carbons (Fsp3) is 0.905. The maximum atomic E-state index is 11.1. The van der Waals surface area contributed by atoms with Crippen LogP contribution in [0.4, 0.5) is 0 Å². The van der Waals surface area contributed by atoms with Gasteiger partial charge in [-0.25, -0.2) is 0 Å². The maximum Gasteiger partial charge on any atom is 0.186 e. The van der Waals surface area contributed by atoms with Crippen molar-refractivity contribution in [1.82, 2.24) is 0 Å². The molecule has 3 fully saturated rings. The summed E-state index contributed by atoms with van der Waals surface area (Å²) in [6.45, 7) is 7.76. The van der Waals surface area contributed by atoms with E-state index in [1.807, 2.05) is 6.92 Å². The summed E-state index contributed by atoms with van der Waals surface area (Å²) in [6.07, 6.45) is -2.83. The third kappa shape index (κ3) is 3.78. The Balaban J connectivity index is 1.82. The Kier molecular flexibility index (Phi) is 6.29. The predicted molar refractivity (Wildman–Crippen MR) is 102 cm³/mol. The van der Waals surface area contributed by atoms with Crippen LogP contribution in [0.25, 0.3) is 0 Å². The van der Waals surface area contributed by atoms with E-state index in [2.05, 4.69) is 20.8 Å². The highest BCUT2D eigenvalue weighted by Gasteiger charge is 2.56. The van der Waals surface area contributed by atoms with Crippen LogP contribution in [0.5, 0.6) is 0 Å². The Bertz CT molecular complexity index is 598. The Morgan fingerprint density at radius 1 is 1.11 bits per heavy atom. The largest absolute Gasteiger partial charge is 0.394 e. The lowest BCUT2D eigenvalue weighted by atomic mass is 9.53. The van der Waals surface area contributed by atoms with Gasteiger partial charge in [0.25, 0.3) is 0 Å². The van der Waals surface area contributed by atoms with Crippen LogP contribution in [0.2, 0.25) is 0 Å². The number of hydrogen-bond acceptors (Lipinski definition) is 7. The number of hydrogen-bond donors (Lipinski definition) is 5. The third-order valence-electron chi connectivity index (χ3n) is 7.46. The third-order valence-corrected chi connectivity index (χ3v) is 7.46. The number of fused-ring (bicyclic) bond motifs is 1. The van der Waals surface area contributed by atoms with Crippen molar-refractivity contribution in [2.75, 3.05) is 6.61 Å². The van der Waals surface area contributed by atoms with Crippen molar-refractivity contribution in [3.63, 3.8) is 0 Å². The normalized spacial score (nSPS) is 49.6. The van der Waals surface area contributed by atoms with Gasteiger partial charge in [-0.1, -0.05) is 18.1 Å². The molecule has 3 aliphatic rings. The van der Waals surface area contributed by atoms with Crippen molar-refractivity contribution in [3.05, 3.63) is 11.1 Å². The quantitative estimate of drug-likeness (QED) is 0.446. The fourth-order valence-electron chi connectivity index (χ4n) is 5.44. The summed E-state index contributed by atoms with van der Waals surface area (Å²) in [5, 5.41) is 50.9. The first-order valence-electron chi connectivity index (χ1n) is 10.3. The average molecular weight is 401 g/mol. The van der Waals surface area contributed by atoms with Crippen molar-refractivity contribution >= 4 is 0 Å². The van der Waals surface area contributed by atoms with Gasteiger partial charge in [-0.15, -0.1) is 0 Å². The molecule has 0 spiro atoms. The van der Waals surface area contributed by atoms with Gasteiger partial charge >= 0.3 is 0 Å². The Morgan fingerprint density at radius 2 is 1.79 bits per heavy atom. The Labute approximate surface area is 167 Å². The number of aliphatic hydroxyl groups is 5. The first-order valence-corrected chi connectivity index (χ1v) is 10.3. The molecule has 0 unspecified atom stereocenters. The highest BCUT2D eigenvalue weighted by molar-refractivity contribution is 5.19. The summed E-state index contributed by atoms with van der Waals surface area (Å²) in [4.78, 5) is 0. The van der Waals surface area contributed by atoms with Gasteiger partial charge in [-0.2, -0.15) is 0 Å². The lowest BCUT2D eigenvalue weighted by Gasteiger charge is -2.57. The van der Waals surface area contributed by atoms with Gasteiger partial charge in [-0.3, -0.25) is 0 Å². The van der Waals surface area contributed by atoms with Gasteiger partial charge in [0, 0.05) is 5.41 Å². The van der Waals surface area contributed by atoms with Gasteiger partial charge in [0.05, 0.1) is 18.3 Å². The molecule has 162 valence electrons. The van der Waals surface area contributed by atoms with Crippen molar-refractivity contribution in [3.8, 4) is 0 Å². The second kappa shape index (κ2) is 7.95. The second-order valence-corrected chi connectivity index (χ2v) is 9.58. The summed E-state index contributed by atoms with van der Waals surface area (Å²) in [5.74, 6) is 0.0160. The number of aliphatic hydroxyl groups excluding tert-OH is 4. The average Bonchev–Trinajstić information content (AvgIpc) is 2.64. The van der Waals surface area contributed by atoms with Crippen LogP contribution < -0.4 is 0 Å². The molecule has 9 atom stereocenters. The first-order chi connectivity index (χ1) is 13.0. The molecule has 7 heteroatoms. The minimum absolute atomic E-state index is 0.0160. The van der Waals surface area contributed by atoms with E-state index in [1.165, 1.54) is 11.1 Å². The van der Waals surface area contributed by atoms with Crippen LogP contribution in [-0.4, -0.2) is 74.6 Å². The van der Waals surface area contributed by atoms with Gasteiger partial charge in [0.15, 0.2) is 6.29 Å². The Hall–Kier alpha value is -0.540. The lowest BCUT2D eigenvalue weighted by Crippen LogP contribution is -2.62. The van der Waals surface area contributed by atoms with Crippen molar-refractivity contribution in [2.45, 2.75) is 102 Å². The van der Waals surface area contributed by atoms with Crippen LogP contribution in [0.1, 0.15) is 59.8 Å². The molecule has 1 heterocycles. The fourth-order valence-corrected chi connectivity index (χ4v) is 5.44. The standard InChI is InChI=1S/C21H36O7/c1-11(2)12-5-7-20(3)14(9-12)21(4,26)8-6-15(20)28-19-18(25)17(24)16(23)13(10-22)27-19/h13-19,22-26H,5-10H2,1-4H3/t13-,14+,15+,16-,17+,18-,19+,20+,21+/m1/s1. The van der Waals surface area contributed by atoms with E-state index >= 15 is 0 Å². The van der Waals surface area contributed by atoms with E-state index in [1.54, 1.807) is 0 Å². The highest BCUT2D eigenvalue weighted by atomic mass is 16.7. The van der Waals surface area contributed by atoms with E-state index in [9.17, 15) is 25.5 Å². The molecule has 0 bridgehead atoms. The van der Waals surface area contributed by atoms with Gasteiger partial charge < -0.3 is 35.0 Å². The zero-order chi connectivity index (χ0) is 20.9. The molecule has 3 rings (SSSR count). The molecule has 0 aromatic heterocycles. The summed E-state index contributed by atoms with van der Waals surface area (Å²) in [5.41, 5.74) is 1.58. The van der Waals surface area contributed by atoms with Crippen molar-refractivity contribution in [2.24, 2.45) is 11.3 Å². The van der Waals surface area contributed by atoms with E-state index in [0.717, 1.165) is 19.3 Å². The first kappa shape index (κ1) is 22.2. The molecule has 28 heavy (non-hydrogen) atoms. The molecule has 0 aromatic carbocycles. The molecule has 1 saturated heterocycles. The van der Waals surface area contributed by atoms with Crippen LogP contribution in [0.3, 0.4) is 0 Å². The molecule has 2 aliphatic carbocycles. The van der Waals surface area contributed by atoms with Crippen LogP contribution in [0.15, 0.2) is 11.1 Å². The monoisotopic (exact) mass is 400 g/mol. The van der Waals surface area contributed by atoms with Crippen LogP contribution in [0, 0.1) is 11.3 Å². The van der Waals surface area contributed by atoms with Gasteiger partial charge in [-0.05, 0) is 58.8 Å². The predicted octanol–water partition coefficient (Wildman–Crippen LogP) is 0.859. The molecular formula is C21H36O7. The molecular weight excluding hydrogens is 364 g/mol. The van der Waals surface area contributed by atoms with E-state index in [-0.39, 0.29) is 17.4 Å². The van der Waals surface area contributed by atoms with Gasteiger partial charge in [0.2, 0.25) is 0 Å². The lowest BCUT2D eigenvalue weighted by molar-refractivity contribution is -0.329. The number of ether oxygens (including phenoxy) is 2. The zero-order valence-corrected chi connectivity index (χ0v) is 17.3. The summed E-state index contributed by atoms with van der Waals surface area (Å²) in [6, 6.07) is 0. The molecule has 0 amide bonds. The smallest absolute Gasteiger partial charge is 0.186 e. The van der Waals surface area contributed by atoms with E-state index in [4.69, 9.17) is 9.47 Å².